The SMILES string of the molecule is O=C(CN1CC2(CC2)c2cc(Br)ccc2C1=O)Nc1ccc(F)cn1. The summed E-state index contributed by atoms with van der Waals surface area (Å²) in [4.78, 5) is 30.4. The number of pyridine rings is 1. The van der Waals surface area contributed by atoms with Crippen LogP contribution in [0.2, 0.25) is 0 Å². The summed E-state index contributed by atoms with van der Waals surface area (Å²) in [6, 6.07) is 8.29. The first-order chi connectivity index (χ1) is 12.0. The first-order valence-corrected chi connectivity index (χ1v) is 8.77. The van der Waals surface area contributed by atoms with Crippen molar-refractivity contribution in [3.05, 3.63) is 57.9 Å². The Bertz CT molecular complexity index is 865. The van der Waals surface area contributed by atoms with Crippen molar-refractivity contribution in [1.82, 2.24) is 9.88 Å². The third kappa shape index (κ3) is 3.04. The van der Waals surface area contributed by atoms with Crippen molar-refractivity contribution < 1.29 is 14.0 Å². The number of amides is 2. The van der Waals surface area contributed by atoms with E-state index < -0.39 is 5.82 Å². The number of aromatic nitrogens is 1. The van der Waals surface area contributed by atoms with E-state index in [1.807, 2.05) is 18.2 Å². The standard InChI is InChI=1S/C18H15BrFN3O2/c19-11-1-3-13-14(7-11)18(5-6-18)10-23(17(13)25)9-16(24)22-15-4-2-12(20)8-21-15/h1-4,7-8H,5-6,9-10H2,(H,21,22,24). The predicted octanol–water partition coefficient (Wildman–Crippen LogP) is 3.11. The molecule has 1 N–H and O–H groups in total. The van der Waals surface area contributed by atoms with Crippen molar-refractivity contribution in [2.45, 2.75) is 18.3 Å². The second-order valence-corrected chi connectivity index (χ2v) is 7.46. The number of fused-ring (bicyclic) bond motifs is 2. The molecule has 0 unspecified atom stereocenters. The number of nitrogens with one attached hydrogen (secondary N) is 1. The first-order valence-electron chi connectivity index (χ1n) is 7.98. The van der Waals surface area contributed by atoms with Crippen LogP contribution >= 0.6 is 15.9 Å². The van der Waals surface area contributed by atoms with Gasteiger partial charge in [-0.2, -0.15) is 0 Å². The summed E-state index contributed by atoms with van der Waals surface area (Å²) in [6.45, 7) is 0.495. The highest BCUT2D eigenvalue weighted by molar-refractivity contribution is 9.10. The minimum absolute atomic E-state index is 0.0264. The largest absolute Gasteiger partial charge is 0.328 e. The Morgan fingerprint density at radius 1 is 1.32 bits per heavy atom. The fourth-order valence-corrected chi connectivity index (χ4v) is 3.71. The average molecular weight is 404 g/mol. The highest BCUT2D eigenvalue weighted by Crippen LogP contribution is 2.52. The van der Waals surface area contributed by atoms with Crippen LogP contribution in [0, 0.1) is 5.82 Å². The zero-order chi connectivity index (χ0) is 17.6. The number of benzene rings is 1. The van der Waals surface area contributed by atoms with Gasteiger partial charge in [-0.1, -0.05) is 15.9 Å². The van der Waals surface area contributed by atoms with E-state index in [4.69, 9.17) is 0 Å². The summed E-state index contributed by atoms with van der Waals surface area (Å²) in [5, 5.41) is 2.60. The van der Waals surface area contributed by atoms with Gasteiger partial charge in [0.2, 0.25) is 5.91 Å². The maximum Gasteiger partial charge on any atom is 0.254 e. The summed E-state index contributed by atoms with van der Waals surface area (Å²) < 4.78 is 13.8. The lowest BCUT2D eigenvalue weighted by Crippen LogP contribution is -2.46. The van der Waals surface area contributed by atoms with Crippen molar-refractivity contribution in [2.75, 3.05) is 18.4 Å². The number of nitrogens with zero attached hydrogens (tertiary/aromatic N) is 2. The van der Waals surface area contributed by atoms with Crippen LogP contribution in [0.5, 0.6) is 0 Å². The minimum Gasteiger partial charge on any atom is -0.328 e. The monoisotopic (exact) mass is 403 g/mol. The Morgan fingerprint density at radius 3 is 2.80 bits per heavy atom. The summed E-state index contributed by atoms with van der Waals surface area (Å²) >= 11 is 3.46. The van der Waals surface area contributed by atoms with Gasteiger partial charge in [-0.25, -0.2) is 9.37 Å². The Hall–Kier alpha value is -2.28. The zero-order valence-corrected chi connectivity index (χ0v) is 14.8. The molecule has 1 saturated carbocycles. The number of carbonyl (C=O) groups is 2. The molecule has 2 amide bonds. The van der Waals surface area contributed by atoms with E-state index in [-0.39, 0.29) is 29.6 Å². The van der Waals surface area contributed by atoms with Crippen LogP contribution in [-0.4, -0.2) is 34.8 Å². The predicted molar refractivity (Wildman–Crippen MR) is 93.8 cm³/mol. The molecule has 0 atom stereocenters. The number of anilines is 1. The highest BCUT2D eigenvalue weighted by atomic mass is 79.9. The van der Waals surface area contributed by atoms with Gasteiger partial charge in [0.05, 0.1) is 6.20 Å². The van der Waals surface area contributed by atoms with Gasteiger partial charge in [0.15, 0.2) is 0 Å². The molecule has 1 fully saturated rings. The molecule has 5 nitrogen and oxygen atoms in total. The van der Waals surface area contributed by atoms with Gasteiger partial charge in [0, 0.05) is 22.0 Å². The topological polar surface area (TPSA) is 62.3 Å². The third-order valence-corrected chi connectivity index (χ3v) is 5.24. The molecule has 25 heavy (non-hydrogen) atoms. The summed E-state index contributed by atoms with van der Waals surface area (Å²) in [5.41, 5.74) is 1.71. The molecule has 1 aromatic carbocycles. The number of carbonyl (C=O) groups excluding carboxylic acids is 2. The van der Waals surface area contributed by atoms with Crippen LogP contribution < -0.4 is 5.32 Å². The van der Waals surface area contributed by atoms with Gasteiger partial charge >= 0.3 is 0 Å². The van der Waals surface area contributed by atoms with E-state index in [2.05, 4.69) is 26.2 Å². The normalized spacial score (nSPS) is 17.4. The van der Waals surface area contributed by atoms with Gasteiger partial charge in [-0.15, -0.1) is 0 Å². The quantitative estimate of drug-likeness (QED) is 0.856. The number of hydrogen-bond donors (Lipinski definition) is 1. The molecule has 7 heteroatoms. The van der Waals surface area contributed by atoms with Gasteiger partial charge in [0.1, 0.15) is 18.2 Å². The van der Waals surface area contributed by atoms with Gasteiger partial charge in [0.25, 0.3) is 5.91 Å². The van der Waals surface area contributed by atoms with Crippen LogP contribution in [0.1, 0.15) is 28.8 Å². The van der Waals surface area contributed by atoms with Crippen LogP contribution in [0.25, 0.3) is 0 Å². The van der Waals surface area contributed by atoms with E-state index in [0.717, 1.165) is 29.1 Å². The van der Waals surface area contributed by atoms with Crippen molar-refractivity contribution in [3.63, 3.8) is 0 Å². The molecule has 4 rings (SSSR count). The molecule has 0 saturated heterocycles. The molecule has 1 aromatic heterocycles. The number of rotatable bonds is 3. The maximum absolute atomic E-state index is 12.9. The molecule has 2 aliphatic rings. The van der Waals surface area contributed by atoms with Gasteiger partial charge in [-0.3, -0.25) is 9.59 Å². The molecule has 0 bridgehead atoms. The van der Waals surface area contributed by atoms with E-state index in [1.165, 1.54) is 12.1 Å². The molecule has 1 aliphatic carbocycles. The minimum atomic E-state index is -0.470. The summed E-state index contributed by atoms with van der Waals surface area (Å²) in [7, 11) is 0. The lowest BCUT2D eigenvalue weighted by atomic mass is 9.86. The Labute approximate surface area is 152 Å². The lowest BCUT2D eigenvalue weighted by Gasteiger charge is -2.34. The van der Waals surface area contributed by atoms with Crippen molar-refractivity contribution in [3.8, 4) is 0 Å². The molecule has 2 aromatic rings. The molecule has 1 aliphatic heterocycles. The Kier molecular flexibility index (Phi) is 3.83. The van der Waals surface area contributed by atoms with Crippen molar-refractivity contribution in [1.29, 1.82) is 0 Å². The van der Waals surface area contributed by atoms with Crippen LogP contribution in [-0.2, 0) is 10.2 Å². The Balaban J connectivity index is 1.52. The van der Waals surface area contributed by atoms with E-state index in [1.54, 1.807) is 4.90 Å². The van der Waals surface area contributed by atoms with Crippen LogP contribution in [0.3, 0.4) is 0 Å². The zero-order valence-electron chi connectivity index (χ0n) is 13.3. The second-order valence-electron chi connectivity index (χ2n) is 6.54. The van der Waals surface area contributed by atoms with E-state index in [9.17, 15) is 14.0 Å². The van der Waals surface area contributed by atoms with Crippen LogP contribution in [0.4, 0.5) is 10.2 Å². The van der Waals surface area contributed by atoms with Crippen molar-refractivity contribution >= 4 is 33.6 Å². The van der Waals surface area contributed by atoms with Crippen molar-refractivity contribution in [2.24, 2.45) is 0 Å². The van der Waals surface area contributed by atoms with Gasteiger partial charge in [-0.05, 0) is 48.7 Å². The number of hydrogen-bond acceptors (Lipinski definition) is 3. The molecule has 1 spiro atoms. The van der Waals surface area contributed by atoms with Gasteiger partial charge < -0.3 is 10.2 Å². The highest BCUT2D eigenvalue weighted by Gasteiger charge is 2.51. The number of halogens is 2. The fourth-order valence-electron chi connectivity index (χ4n) is 3.35. The first kappa shape index (κ1) is 16.2. The summed E-state index contributed by atoms with van der Waals surface area (Å²) in [6.07, 6.45) is 3.07. The molecular weight excluding hydrogens is 389 g/mol. The lowest BCUT2D eigenvalue weighted by molar-refractivity contribution is -0.117. The Morgan fingerprint density at radius 2 is 2.12 bits per heavy atom. The molecule has 2 heterocycles. The second kappa shape index (κ2) is 5.91. The maximum atomic E-state index is 12.9. The molecular formula is C18H15BrFN3O2. The smallest absolute Gasteiger partial charge is 0.254 e. The fraction of sp³-hybridized carbons (Fsp3) is 0.278. The van der Waals surface area contributed by atoms with E-state index >= 15 is 0 Å². The van der Waals surface area contributed by atoms with Crippen LogP contribution in [0.15, 0.2) is 41.0 Å². The average Bonchev–Trinajstić information content (AvgIpc) is 3.35. The van der Waals surface area contributed by atoms with E-state index in [0.29, 0.717) is 12.1 Å². The summed E-state index contributed by atoms with van der Waals surface area (Å²) in [5.74, 6) is -0.685. The third-order valence-electron chi connectivity index (χ3n) is 4.75. The molecule has 128 valence electrons. The molecule has 0 radical (unpaired) electrons.